The number of esters is 1. The van der Waals surface area contributed by atoms with E-state index in [-0.39, 0.29) is 36.1 Å². The van der Waals surface area contributed by atoms with Gasteiger partial charge >= 0.3 is 11.9 Å². The van der Waals surface area contributed by atoms with Crippen LogP contribution >= 0.6 is 11.8 Å². The number of oxime groups is 1. The van der Waals surface area contributed by atoms with Gasteiger partial charge in [-0.3, -0.25) is 19.3 Å². The predicted octanol–water partition coefficient (Wildman–Crippen LogP) is 1.10. The molecule has 4 rings (SSSR count). The highest BCUT2D eigenvalue weighted by Crippen LogP contribution is 2.40. The minimum absolute atomic E-state index is 0.0308. The molecule has 34 heavy (non-hydrogen) atoms. The van der Waals surface area contributed by atoms with Gasteiger partial charge < -0.3 is 28.8 Å². The van der Waals surface area contributed by atoms with Gasteiger partial charge in [-0.2, -0.15) is 0 Å². The smallest absolute Gasteiger partial charge is 0.352 e. The summed E-state index contributed by atoms with van der Waals surface area (Å²) in [5, 5.41) is 15.4. The highest BCUT2D eigenvalue weighted by atomic mass is 32.2. The number of amides is 2. The molecular formula is C21H19N3O9S. The van der Waals surface area contributed by atoms with Crippen LogP contribution in [-0.2, 0) is 35.4 Å². The van der Waals surface area contributed by atoms with Crippen LogP contribution in [0.15, 0.2) is 62.1 Å². The lowest BCUT2D eigenvalue weighted by Gasteiger charge is -2.49. The van der Waals surface area contributed by atoms with Gasteiger partial charge in [-0.1, -0.05) is 5.16 Å². The number of hydrogen-bond acceptors (Lipinski definition) is 10. The number of β-lactam (4-membered cyclic amide) rings is 1. The maximum absolute atomic E-state index is 12.9. The number of thioether (sulfide) groups is 1. The van der Waals surface area contributed by atoms with E-state index >= 15 is 0 Å². The van der Waals surface area contributed by atoms with Gasteiger partial charge in [0, 0.05) is 18.2 Å². The Kier molecular flexibility index (Phi) is 6.72. The molecule has 2 N–H and O–H groups in total. The Morgan fingerprint density at radius 1 is 1.24 bits per heavy atom. The number of nitrogens with zero attached hydrogens (tertiary/aromatic N) is 2. The van der Waals surface area contributed by atoms with E-state index in [2.05, 4.69) is 10.5 Å². The van der Waals surface area contributed by atoms with Gasteiger partial charge in [0.2, 0.25) is 5.71 Å². The van der Waals surface area contributed by atoms with Crippen molar-refractivity contribution in [3.63, 3.8) is 0 Å². The third kappa shape index (κ3) is 4.69. The summed E-state index contributed by atoms with van der Waals surface area (Å²) in [6.45, 7) is 0.938. The average molecular weight is 489 g/mol. The number of nitrogens with one attached hydrogen (secondary N) is 1. The first-order valence-corrected chi connectivity index (χ1v) is 11.0. The minimum Gasteiger partial charge on any atom is -0.477 e. The molecule has 1 fully saturated rings. The van der Waals surface area contributed by atoms with E-state index in [1.54, 1.807) is 18.2 Å². The molecule has 2 aromatic heterocycles. The maximum Gasteiger partial charge on any atom is 0.352 e. The second-order valence-electron chi connectivity index (χ2n) is 7.17. The summed E-state index contributed by atoms with van der Waals surface area (Å²) in [5.41, 5.74) is -0.151. The first kappa shape index (κ1) is 23.2. The Morgan fingerprint density at radius 2 is 2.00 bits per heavy atom. The highest BCUT2D eigenvalue weighted by Gasteiger charge is 2.54. The molecule has 2 atom stereocenters. The number of aliphatic carboxylic acids is 1. The van der Waals surface area contributed by atoms with E-state index in [0.29, 0.717) is 11.3 Å². The second kappa shape index (κ2) is 9.87. The third-order valence-corrected chi connectivity index (χ3v) is 6.24. The summed E-state index contributed by atoms with van der Waals surface area (Å²) in [6.07, 6.45) is 2.82. The molecule has 1 saturated heterocycles. The molecule has 2 aromatic rings. The largest absolute Gasteiger partial charge is 0.477 e. The SMILES string of the molecule is CC(=O)OCC1=C(C(=O)O)N2C(=O)[C@@H](NC(=O)C(=NOCc3ccco3)c3ccco3)[C@@H]2SC1. The minimum atomic E-state index is -1.32. The quantitative estimate of drug-likeness (QED) is 0.226. The molecule has 0 unspecified atom stereocenters. The van der Waals surface area contributed by atoms with Gasteiger partial charge in [-0.05, 0) is 24.3 Å². The predicted molar refractivity (Wildman–Crippen MR) is 115 cm³/mol. The Labute approximate surface area is 196 Å². The van der Waals surface area contributed by atoms with Crippen molar-refractivity contribution < 1.29 is 42.7 Å². The molecule has 0 saturated carbocycles. The molecule has 0 spiro atoms. The molecule has 12 nitrogen and oxygen atoms in total. The zero-order chi connectivity index (χ0) is 24.2. The van der Waals surface area contributed by atoms with Crippen LogP contribution in [0.2, 0.25) is 0 Å². The van der Waals surface area contributed by atoms with Gasteiger partial charge in [-0.25, -0.2) is 4.79 Å². The van der Waals surface area contributed by atoms with E-state index in [9.17, 15) is 24.3 Å². The van der Waals surface area contributed by atoms with Crippen molar-refractivity contribution in [1.29, 1.82) is 0 Å². The average Bonchev–Trinajstić information content (AvgIpc) is 3.52. The summed E-state index contributed by atoms with van der Waals surface area (Å²) >= 11 is 1.24. The Hall–Kier alpha value is -4.00. The van der Waals surface area contributed by atoms with Crippen molar-refractivity contribution in [1.82, 2.24) is 10.2 Å². The molecule has 13 heteroatoms. The topological polar surface area (TPSA) is 161 Å². The number of furan rings is 2. The molecule has 4 heterocycles. The number of fused-ring (bicyclic) bond motifs is 1. The fourth-order valence-corrected chi connectivity index (χ4v) is 4.69. The zero-order valence-electron chi connectivity index (χ0n) is 17.8. The number of carbonyl (C=O) groups excluding carboxylic acids is 3. The number of rotatable bonds is 9. The van der Waals surface area contributed by atoms with Crippen molar-refractivity contribution in [2.45, 2.75) is 24.9 Å². The zero-order valence-corrected chi connectivity index (χ0v) is 18.6. The molecule has 2 aliphatic rings. The lowest BCUT2D eigenvalue weighted by atomic mass is 10.0. The third-order valence-electron chi connectivity index (χ3n) is 4.90. The van der Waals surface area contributed by atoms with E-state index in [4.69, 9.17) is 18.4 Å². The first-order valence-electron chi connectivity index (χ1n) is 9.97. The van der Waals surface area contributed by atoms with E-state index in [1.807, 2.05) is 0 Å². The molecule has 0 aromatic carbocycles. The van der Waals surface area contributed by atoms with Gasteiger partial charge in [0.25, 0.3) is 11.8 Å². The van der Waals surface area contributed by atoms with E-state index in [1.165, 1.54) is 37.3 Å². The lowest BCUT2D eigenvalue weighted by Crippen LogP contribution is -2.71. The molecule has 2 amide bonds. The van der Waals surface area contributed by atoms with Gasteiger partial charge in [-0.15, -0.1) is 11.8 Å². The van der Waals surface area contributed by atoms with Crippen molar-refractivity contribution in [2.24, 2.45) is 5.16 Å². The summed E-state index contributed by atoms with van der Waals surface area (Å²) in [7, 11) is 0. The van der Waals surface area contributed by atoms with Crippen molar-refractivity contribution in [3.8, 4) is 0 Å². The molecule has 0 radical (unpaired) electrons. The molecule has 178 valence electrons. The fraction of sp³-hybridized carbons (Fsp3) is 0.286. The summed E-state index contributed by atoms with van der Waals surface area (Å²) in [6, 6.07) is 5.42. The number of ether oxygens (including phenoxy) is 1. The lowest BCUT2D eigenvalue weighted by molar-refractivity contribution is -0.150. The molecular weight excluding hydrogens is 470 g/mol. The Morgan fingerprint density at radius 3 is 2.65 bits per heavy atom. The normalized spacial score (nSPS) is 19.9. The van der Waals surface area contributed by atoms with Crippen LogP contribution in [0.3, 0.4) is 0 Å². The number of hydrogen-bond donors (Lipinski definition) is 2. The van der Waals surface area contributed by atoms with Gasteiger partial charge in [0.15, 0.2) is 12.4 Å². The van der Waals surface area contributed by atoms with Crippen LogP contribution in [0.25, 0.3) is 0 Å². The van der Waals surface area contributed by atoms with Crippen LogP contribution in [0.4, 0.5) is 0 Å². The van der Waals surface area contributed by atoms with Crippen molar-refractivity contribution in [3.05, 3.63) is 59.6 Å². The highest BCUT2D eigenvalue weighted by molar-refractivity contribution is 8.00. The Balaban J connectivity index is 1.48. The van der Waals surface area contributed by atoms with Crippen LogP contribution in [0.1, 0.15) is 18.4 Å². The molecule has 2 aliphatic heterocycles. The van der Waals surface area contributed by atoms with Crippen molar-refractivity contribution in [2.75, 3.05) is 12.4 Å². The van der Waals surface area contributed by atoms with E-state index < -0.39 is 35.2 Å². The van der Waals surface area contributed by atoms with Crippen molar-refractivity contribution >= 4 is 41.2 Å². The van der Waals surface area contributed by atoms with Crippen LogP contribution in [-0.4, -0.2) is 63.2 Å². The number of carboxylic acids is 1. The van der Waals surface area contributed by atoms with Crippen LogP contribution in [0.5, 0.6) is 0 Å². The maximum atomic E-state index is 12.9. The number of carbonyl (C=O) groups is 4. The van der Waals surface area contributed by atoms with Crippen LogP contribution in [0, 0.1) is 0 Å². The van der Waals surface area contributed by atoms with Gasteiger partial charge in [0.1, 0.15) is 29.5 Å². The number of carboxylic acid groups (broad SMARTS) is 1. The fourth-order valence-electron chi connectivity index (χ4n) is 3.36. The first-order chi connectivity index (χ1) is 16.4. The van der Waals surface area contributed by atoms with Gasteiger partial charge in [0.05, 0.1) is 12.5 Å². The summed E-state index contributed by atoms with van der Waals surface area (Å²) in [5.74, 6) is -2.42. The Bertz CT molecular complexity index is 1150. The standard InChI is InChI=1S/C21H19N3O9S/c1-11(25)32-8-12-10-34-20-16(19(27)24(20)17(12)21(28)29)22-18(26)15(14-5-3-7-31-14)23-33-9-13-4-2-6-30-13/h2-7,16,20H,8-10H2,1H3,(H,22,26)(H,28,29)/t16-,20+/m1/s1. The van der Waals surface area contributed by atoms with E-state index in [0.717, 1.165) is 4.90 Å². The van der Waals surface area contributed by atoms with Crippen LogP contribution < -0.4 is 5.32 Å². The molecule has 0 bridgehead atoms. The molecule has 0 aliphatic carbocycles. The summed E-state index contributed by atoms with van der Waals surface area (Å²) < 4.78 is 15.3. The monoisotopic (exact) mass is 489 g/mol. The summed E-state index contributed by atoms with van der Waals surface area (Å²) in [4.78, 5) is 54.9. The second-order valence-corrected chi connectivity index (χ2v) is 8.27.